The maximum absolute atomic E-state index is 11.6. The highest BCUT2D eigenvalue weighted by atomic mass is 32.2. The largest absolute Gasteiger partial charge is 0.480 e. The standard InChI is InChI=1S/C12H21NO2S/c1-10-4-2-6-13(8-10)12(11(14)15)5-3-7-16-9-12/h10H,2-9H2,1H3,(H,14,15). The van der Waals surface area contributed by atoms with E-state index in [0.717, 1.165) is 43.9 Å². The maximum Gasteiger partial charge on any atom is 0.324 e. The molecule has 2 aliphatic rings. The van der Waals surface area contributed by atoms with Crippen LogP contribution in [-0.2, 0) is 4.79 Å². The van der Waals surface area contributed by atoms with Gasteiger partial charge in [0.25, 0.3) is 0 Å². The lowest BCUT2D eigenvalue weighted by atomic mass is 9.88. The Morgan fingerprint density at radius 1 is 1.50 bits per heavy atom. The molecule has 0 aromatic rings. The van der Waals surface area contributed by atoms with E-state index in [0.29, 0.717) is 5.92 Å². The molecule has 0 spiro atoms. The average molecular weight is 243 g/mol. The van der Waals surface area contributed by atoms with Gasteiger partial charge in [0, 0.05) is 12.3 Å². The first kappa shape index (κ1) is 12.2. The van der Waals surface area contributed by atoms with Gasteiger partial charge in [0.05, 0.1) is 0 Å². The molecule has 16 heavy (non-hydrogen) atoms. The van der Waals surface area contributed by atoms with Crippen LogP contribution in [0.5, 0.6) is 0 Å². The van der Waals surface area contributed by atoms with E-state index in [9.17, 15) is 9.90 Å². The zero-order valence-corrected chi connectivity index (χ0v) is 10.8. The van der Waals surface area contributed by atoms with Crippen LogP contribution in [0, 0.1) is 5.92 Å². The summed E-state index contributed by atoms with van der Waals surface area (Å²) < 4.78 is 0. The molecule has 0 saturated carbocycles. The fourth-order valence-electron chi connectivity index (χ4n) is 2.91. The number of likely N-dealkylation sites (tertiary alicyclic amines) is 1. The molecule has 0 bridgehead atoms. The number of nitrogens with zero attached hydrogens (tertiary/aromatic N) is 1. The Kier molecular flexibility index (Phi) is 3.80. The molecule has 3 nitrogen and oxygen atoms in total. The molecule has 1 N–H and O–H groups in total. The van der Waals surface area contributed by atoms with Gasteiger partial charge in [-0.05, 0) is 43.9 Å². The van der Waals surface area contributed by atoms with Crippen molar-refractivity contribution in [2.24, 2.45) is 5.92 Å². The zero-order chi connectivity index (χ0) is 11.6. The van der Waals surface area contributed by atoms with Crippen LogP contribution in [0.25, 0.3) is 0 Å². The van der Waals surface area contributed by atoms with E-state index >= 15 is 0 Å². The molecular formula is C12H21NO2S. The van der Waals surface area contributed by atoms with Gasteiger partial charge in [-0.1, -0.05) is 6.92 Å². The van der Waals surface area contributed by atoms with Crippen LogP contribution in [0.2, 0.25) is 0 Å². The first-order valence-corrected chi connectivity index (χ1v) is 7.37. The Hall–Kier alpha value is -0.220. The monoisotopic (exact) mass is 243 g/mol. The number of aliphatic carboxylic acids is 1. The van der Waals surface area contributed by atoms with E-state index < -0.39 is 11.5 Å². The fraction of sp³-hybridized carbons (Fsp3) is 0.917. The van der Waals surface area contributed by atoms with Crippen molar-refractivity contribution in [3.63, 3.8) is 0 Å². The quantitative estimate of drug-likeness (QED) is 0.806. The molecule has 2 rings (SSSR count). The van der Waals surface area contributed by atoms with Crippen molar-refractivity contribution in [2.75, 3.05) is 24.6 Å². The maximum atomic E-state index is 11.6. The summed E-state index contributed by atoms with van der Waals surface area (Å²) in [7, 11) is 0. The minimum Gasteiger partial charge on any atom is -0.480 e. The predicted molar refractivity (Wildman–Crippen MR) is 66.9 cm³/mol. The van der Waals surface area contributed by atoms with Crippen LogP contribution < -0.4 is 0 Å². The van der Waals surface area contributed by atoms with Crippen LogP contribution >= 0.6 is 11.8 Å². The molecule has 0 amide bonds. The minimum absolute atomic E-state index is 0.558. The summed E-state index contributed by atoms with van der Waals surface area (Å²) in [4.78, 5) is 13.9. The van der Waals surface area contributed by atoms with E-state index in [4.69, 9.17) is 0 Å². The lowest BCUT2D eigenvalue weighted by Gasteiger charge is -2.46. The van der Waals surface area contributed by atoms with Gasteiger partial charge in [0.15, 0.2) is 0 Å². The topological polar surface area (TPSA) is 40.5 Å². The molecule has 2 atom stereocenters. The SMILES string of the molecule is CC1CCCN(C2(C(=O)O)CCCSC2)C1. The van der Waals surface area contributed by atoms with Crippen molar-refractivity contribution in [3.05, 3.63) is 0 Å². The van der Waals surface area contributed by atoms with Crippen LogP contribution in [0.4, 0.5) is 0 Å². The highest BCUT2D eigenvalue weighted by molar-refractivity contribution is 7.99. The van der Waals surface area contributed by atoms with Gasteiger partial charge in [-0.25, -0.2) is 0 Å². The third-order valence-electron chi connectivity index (χ3n) is 3.88. The summed E-state index contributed by atoms with van der Waals surface area (Å²) in [6, 6.07) is 0. The molecule has 2 unspecified atom stereocenters. The van der Waals surface area contributed by atoms with E-state index in [1.54, 1.807) is 11.8 Å². The molecule has 2 fully saturated rings. The third kappa shape index (κ3) is 2.23. The third-order valence-corrected chi connectivity index (χ3v) is 5.14. The lowest BCUT2D eigenvalue weighted by Crippen LogP contribution is -2.60. The van der Waals surface area contributed by atoms with Crippen LogP contribution in [0.1, 0.15) is 32.6 Å². The highest BCUT2D eigenvalue weighted by Crippen LogP contribution is 2.35. The zero-order valence-electron chi connectivity index (χ0n) is 9.95. The smallest absolute Gasteiger partial charge is 0.324 e. The first-order chi connectivity index (χ1) is 7.65. The van der Waals surface area contributed by atoms with Crippen molar-refractivity contribution in [1.82, 2.24) is 4.90 Å². The van der Waals surface area contributed by atoms with Gasteiger partial charge in [-0.2, -0.15) is 11.8 Å². The van der Waals surface area contributed by atoms with E-state index in [-0.39, 0.29) is 0 Å². The second-order valence-electron chi connectivity index (χ2n) is 5.19. The number of rotatable bonds is 2. The molecular weight excluding hydrogens is 222 g/mol. The second kappa shape index (κ2) is 4.96. The average Bonchev–Trinajstić information content (AvgIpc) is 2.30. The molecule has 4 heteroatoms. The molecule has 0 aromatic heterocycles. The van der Waals surface area contributed by atoms with Gasteiger partial charge in [-0.3, -0.25) is 9.69 Å². The Balaban J connectivity index is 2.14. The van der Waals surface area contributed by atoms with E-state index in [1.807, 2.05) is 0 Å². The number of carbonyl (C=O) groups is 1. The number of piperidine rings is 1. The Morgan fingerprint density at radius 3 is 2.88 bits per heavy atom. The summed E-state index contributed by atoms with van der Waals surface area (Å²) in [6.45, 7) is 4.17. The van der Waals surface area contributed by atoms with Crippen molar-refractivity contribution in [2.45, 2.75) is 38.1 Å². The lowest BCUT2D eigenvalue weighted by molar-refractivity contribution is -0.152. The molecule has 2 saturated heterocycles. The summed E-state index contributed by atoms with van der Waals surface area (Å²) in [5, 5.41) is 9.57. The van der Waals surface area contributed by atoms with Gasteiger partial charge in [0.1, 0.15) is 5.54 Å². The van der Waals surface area contributed by atoms with Crippen LogP contribution in [0.3, 0.4) is 0 Å². The number of hydrogen-bond acceptors (Lipinski definition) is 3. The molecule has 92 valence electrons. The van der Waals surface area contributed by atoms with Crippen molar-refractivity contribution in [1.29, 1.82) is 0 Å². The summed E-state index contributed by atoms with van der Waals surface area (Å²) in [5.74, 6) is 1.94. The highest BCUT2D eigenvalue weighted by Gasteiger charge is 2.46. The minimum atomic E-state index is -0.603. The Morgan fingerprint density at radius 2 is 2.31 bits per heavy atom. The predicted octanol–water partition coefficient (Wildman–Crippen LogP) is 2.07. The van der Waals surface area contributed by atoms with Crippen molar-refractivity contribution >= 4 is 17.7 Å². The van der Waals surface area contributed by atoms with Crippen LogP contribution in [0.15, 0.2) is 0 Å². The number of carboxylic acids is 1. The summed E-state index contributed by atoms with van der Waals surface area (Å²) in [5.41, 5.74) is -0.558. The van der Waals surface area contributed by atoms with Gasteiger partial charge in [-0.15, -0.1) is 0 Å². The number of hydrogen-bond donors (Lipinski definition) is 1. The van der Waals surface area contributed by atoms with Crippen LogP contribution in [-0.4, -0.2) is 46.1 Å². The molecule has 2 heterocycles. The normalized spacial score (nSPS) is 37.2. The molecule has 0 aliphatic carbocycles. The molecule has 2 aliphatic heterocycles. The van der Waals surface area contributed by atoms with Gasteiger partial charge < -0.3 is 5.11 Å². The van der Waals surface area contributed by atoms with Gasteiger partial charge >= 0.3 is 5.97 Å². The van der Waals surface area contributed by atoms with Gasteiger partial charge in [0.2, 0.25) is 0 Å². The summed E-state index contributed by atoms with van der Waals surface area (Å²) in [6.07, 6.45) is 4.28. The molecule has 0 aromatic carbocycles. The Bertz CT molecular complexity index is 264. The summed E-state index contributed by atoms with van der Waals surface area (Å²) >= 11 is 1.80. The second-order valence-corrected chi connectivity index (χ2v) is 6.29. The van der Waals surface area contributed by atoms with Crippen molar-refractivity contribution < 1.29 is 9.90 Å². The molecule has 0 radical (unpaired) electrons. The first-order valence-electron chi connectivity index (χ1n) is 6.21. The fourth-order valence-corrected chi connectivity index (χ4v) is 4.19. The Labute approximate surface area is 102 Å². The number of carboxylic acid groups (broad SMARTS) is 1. The van der Waals surface area contributed by atoms with E-state index in [1.165, 1.54) is 6.42 Å². The number of thioether (sulfide) groups is 1. The van der Waals surface area contributed by atoms with E-state index in [2.05, 4.69) is 11.8 Å². The van der Waals surface area contributed by atoms with Crippen molar-refractivity contribution in [3.8, 4) is 0 Å².